The summed E-state index contributed by atoms with van der Waals surface area (Å²) in [5.41, 5.74) is 3.77. The maximum atomic E-state index is 11.4. The van der Waals surface area contributed by atoms with Gasteiger partial charge in [-0.15, -0.1) is 0 Å². The summed E-state index contributed by atoms with van der Waals surface area (Å²) in [6, 6.07) is 7.41. The van der Waals surface area contributed by atoms with E-state index in [9.17, 15) is 4.79 Å². The quantitative estimate of drug-likeness (QED) is 0.426. The van der Waals surface area contributed by atoms with Gasteiger partial charge in [-0.3, -0.25) is 15.1 Å². The molecule has 0 atom stereocenters. The first-order valence-electron chi connectivity index (χ1n) is 5.44. The number of benzene rings is 1. The van der Waals surface area contributed by atoms with E-state index in [1.165, 1.54) is 0 Å². The number of methoxy groups -OCH3 is 1. The zero-order chi connectivity index (χ0) is 12.7. The molecule has 0 aliphatic rings. The van der Waals surface area contributed by atoms with E-state index >= 15 is 0 Å². The lowest BCUT2D eigenvalue weighted by Crippen LogP contribution is -2.30. The van der Waals surface area contributed by atoms with Gasteiger partial charge < -0.3 is 4.74 Å². The van der Waals surface area contributed by atoms with E-state index in [2.05, 4.69) is 10.3 Å². The van der Waals surface area contributed by atoms with Crippen LogP contribution in [0.2, 0.25) is 0 Å². The van der Waals surface area contributed by atoms with Crippen LogP contribution in [0.1, 0.15) is 15.9 Å². The minimum absolute atomic E-state index is 0.272. The Kier molecular flexibility index (Phi) is 5.62. The van der Waals surface area contributed by atoms with Gasteiger partial charge in [0, 0.05) is 25.8 Å². The summed E-state index contributed by atoms with van der Waals surface area (Å²) in [4.78, 5) is 13.5. The van der Waals surface area contributed by atoms with Gasteiger partial charge in [0.05, 0.1) is 6.61 Å². The molecule has 5 heteroatoms. The summed E-state index contributed by atoms with van der Waals surface area (Å²) in [5.74, 6) is 4.82. The van der Waals surface area contributed by atoms with E-state index in [1.807, 2.05) is 25.2 Å². The van der Waals surface area contributed by atoms with E-state index < -0.39 is 0 Å². The number of nitrogens with two attached hydrogens (primary N) is 1. The molecule has 0 spiro atoms. The minimum Gasteiger partial charge on any atom is -0.383 e. The fraction of sp³-hybridized carbons (Fsp3) is 0.417. The van der Waals surface area contributed by atoms with Gasteiger partial charge in [0.1, 0.15) is 0 Å². The molecule has 0 bridgehead atoms. The number of rotatable bonds is 6. The average molecular weight is 237 g/mol. The number of likely N-dealkylation sites (N-methyl/N-ethyl adjacent to an activating group) is 1. The van der Waals surface area contributed by atoms with Crippen molar-refractivity contribution in [2.24, 2.45) is 5.84 Å². The van der Waals surface area contributed by atoms with Gasteiger partial charge in [-0.05, 0) is 24.7 Å². The number of nitrogens with one attached hydrogen (secondary N) is 1. The van der Waals surface area contributed by atoms with Gasteiger partial charge in [0.2, 0.25) is 0 Å². The Hall–Kier alpha value is -1.43. The SMILES string of the molecule is COCCN(C)Cc1cccc(C(=O)NN)c1. The number of nitrogens with zero attached hydrogens (tertiary/aromatic N) is 1. The fourth-order valence-corrected chi connectivity index (χ4v) is 1.53. The Bertz CT molecular complexity index is 369. The molecule has 1 aromatic carbocycles. The van der Waals surface area contributed by atoms with E-state index in [0.717, 1.165) is 18.7 Å². The molecule has 0 saturated carbocycles. The second-order valence-electron chi connectivity index (χ2n) is 3.90. The molecule has 0 heterocycles. The fourth-order valence-electron chi connectivity index (χ4n) is 1.53. The lowest BCUT2D eigenvalue weighted by Gasteiger charge is -2.16. The van der Waals surface area contributed by atoms with Crippen molar-refractivity contribution in [2.75, 3.05) is 27.3 Å². The number of carbonyl (C=O) groups is 1. The normalized spacial score (nSPS) is 10.6. The van der Waals surface area contributed by atoms with Crippen molar-refractivity contribution in [2.45, 2.75) is 6.54 Å². The molecule has 1 rings (SSSR count). The Labute approximate surface area is 102 Å². The number of hydrogen-bond donors (Lipinski definition) is 2. The first-order valence-corrected chi connectivity index (χ1v) is 5.44. The van der Waals surface area contributed by atoms with Crippen LogP contribution < -0.4 is 11.3 Å². The number of hydrazine groups is 1. The summed E-state index contributed by atoms with van der Waals surface area (Å²) in [6.07, 6.45) is 0. The monoisotopic (exact) mass is 237 g/mol. The van der Waals surface area contributed by atoms with Gasteiger partial charge in [-0.2, -0.15) is 0 Å². The lowest BCUT2D eigenvalue weighted by molar-refractivity contribution is 0.0953. The number of amides is 1. The Morgan fingerprint density at radius 3 is 2.94 bits per heavy atom. The summed E-state index contributed by atoms with van der Waals surface area (Å²) < 4.78 is 5.01. The number of ether oxygens (including phenoxy) is 1. The second-order valence-corrected chi connectivity index (χ2v) is 3.90. The Balaban J connectivity index is 2.62. The summed E-state index contributed by atoms with van der Waals surface area (Å²) in [5, 5.41) is 0. The first-order chi connectivity index (χ1) is 8.17. The van der Waals surface area contributed by atoms with E-state index in [-0.39, 0.29) is 5.91 Å². The van der Waals surface area contributed by atoms with E-state index in [4.69, 9.17) is 10.6 Å². The molecule has 3 N–H and O–H groups in total. The Morgan fingerprint density at radius 2 is 2.29 bits per heavy atom. The molecule has 17 heavy (non-hydrogen) atoms. The third kappa shape index (κ3) is 4.52. The zero-order valence-corrected chi connectivity index (χ0v) is 10.3. The van der Waals surface area contributed by atoms with Gasteiger partial charge in [-0.25, -0.2) is 5.84 Å². The van der Waals surface area contributed by atoms with Crippen molar-refractivity contribution in [3.8, 4) is 0 Å². The minimum atomic E-state index is -0.272. The van der Waals surface area contributed by atoms with Crippen LogP contribution in [0.5, 0.6) is 0 Å². The standard InChI is InChI=1S/C12H19N3O2/c1-15(6-7-17-2)9-10-4-3-5-11(8-10)12(16)14-13/h3-5,8H,6-7,9,13H2,1-2H3,(H,14,16). The third-order valence-electron chi connectivity index (χ3n) is 2.45. The molecule has 1 amide bonds. The predicted molar refractivity (Wildman–Crippen MR) is 66.3 cm³/mol. The maximum absolute atomic E-state index is 11.4. The molecule has 0 aromatic heterocycles. The van der Waals surface area contributed by atoms with Crippen LogP contribution in [0.3, 0.4) is 0 Å². The molecule has 0 aliphatic heterocycles. The number of hydrogen-bond acceptors (Lipinski definition) is 4. The van der Waals surface area contributed by atoms with Crippen LogP contribution >= 0.6 is 0 Å². The van der Waals surface area contributed by atoms with Crippen molar-refractivity contribution >= 4 is 5.91 Å². The molecule has 0 saturated heterocycles. The molecule has 0 unspecified atom stereocenters. The zero-order valence-electron chi connectivity index (χ0n) is 10.3. The van der Waals surface area contributed by atoms with Crippen molar-refractivity contribution in [3.63, 3.8) is 0 Å². The molecule has 1 aromatic rings. The molecular formula is C12H19N3O2. The third-order valence-corrected chi connectivity index (χ3v) is 2.45. The number of carbonyl (C=O) groups excluding carboxylic acids is 1. The second kappa shape index (κ2) is 7.01. The summed E-state index contributed by atoms with van der Waals surface area (Å²) in [6.45, 7) is 2.32. The highest BCUT2D eigenvalue weighted by molar-refractivity contribution is 5.93. The van der Waals surface area contributed by atoms with Crippen LogP contribution in [0.25, 0.3) is 0 Å². The van der Waals surface area contributed by atoms with Crippen LogP contribution in [0.4, 0.5) is 0 Å². The van der Waals surface area contributed by atoms with Crippen LogP contribution in [0.15, 0.2) is 24.3 Å². The smallest absolute Gasteiger partial charge is 0.265 e. The molecule has 0 aliphatic carbocycles. The highest BCUT2D eigenvalue weighted by Crippen LogP contribution is 2.07. The number of nitrogen functional groups attached to an aromatic ring is 1. The molecule has 0 fully saturated rings. The lowest BCUT2D eigenvalue weighted by atomic mass is 10.1. The van der Waals surface area contributed by atoms with Crippen molar-refractivity contribution in [1.82, 2.24) is 10.3 Å². The van der Waals surface area contributed by atoms with Crippen LogP contribution in [-0.2, 0) is 11.3 Å². The first kappa shape index (κ1) is 13.6. The van der Waals surface area contributed by atoms with Gasteiger partial charge >= 0.3 is 0 Å². The van der Waals surface area contributed by atoms with Crippen LogP contribution in [-0.4, -0.2) is 38.1 Å². The molecule has 0 radical (unpaired) electrons. The molecule has 94 valence electrons. The van der Waals surface area contributed by atoms with Crippen molar-refractivity contribution in [3.05, 3.63) is 35.4 Å². The predicted octanol–water partition coefficient (Wildman–Crippen LogP) is 0.368. The molecule has 5 nitrogen and oxygen atoms in total. The topological polar surface area (TPSA) is 67.6 Å². The van der Waals surface area contributed by atoms with E-state index in [0.29, 0.717) is 12.2 Å². The molecular weight excluding hydrogens is 218 g/mol. The highest BCUT2D eigenvalue weighted by atomic mass is 16.5. The van der Waals surface area contributed by atoms with Crippen LogP contribution in [0, 0.1) is 0 Å². The van der Waals surface area contributed by atoms with Gasteiger partial charge in [0.25, 0.3) is 5.91 Å². The van der Waals surface area contributed by atoms with Gasteiger partial charge in [0.15, 0.2) is 0 Å². The van der Waals surface area contributed by atoms with E-state index in [1.54, 1.807) is 13.2 Å². The average Bonchev–Trinajstić information content (AvgIpc) is 2.35. The van der Waals surface area contributed by atoms with Gasteiger partial charge in [-0.1, -0.05) is 12.1 Å². The maximum Gasteiger partial charge on any atom is 0.265 e. The Morgan fingerprint density at radius 1 is 1.53 bits per heavy atom. The largest absolute Gasteiger partial charge is 0.383 e. The van der Waals surface area contributed by atoms with Crippen molar-refractivity contribution in [1.29, 1.82) is 0 Å². The summed E-state index contributed by atoms with van der Waals surface area (Å²) >= 11 is 0. The van der Waals surface area contributed by atoms with Crippen molar-refractivity contribution < 1.29 is 9.53 Å². The summed E-state index contributed by atoms with van der Waals surface area (Å²) in [7, 11) is 3.69. The highest BCUT2D eigenvalue weighted by Gasteiger charge is 2.05.